The molecular weight excluding hydrogens is 668 g/mol. The summed E-state index contributed by atoms with van der Waals surface area (Å²) in [6.07, 6.45) is 2.07. The summed E-state index contributed by atoms with van der Waals surface area (Å²) in [5.41, 5.74) is 9.63. The van der Waals surface area contributed by atoms with E-state index in [1.54, 1.807) is 28.4 Å². The van der Waals surface area contributed by atoms with Crippen LogP contribution >= 0.6 is 0 Å². The summed E-state index contributed by atoms with van der Waals surface area (Å²) in [5, 5.41) is 16.1. The fourth-order valence-corrected chi connectivity index (χ4v) is 5.88. The van der Waals surface area contributed by atoms with Crippen molar-refractivity contribution in [2.24, 2.45) is 5.73 Å². The normalized spacial score (nSPS) is 10.3. The fraction of sp³-hybridized carbons (Fsp3) is 0.227. The number of nitrogens with one attached hydrogen (secondary N) is 1. The highest BCUT2D eigenvalue weighted by atomic mass is 16.5. The van der Waals surface area contributed by atoms with Crippen LogP contribution in [0.1, 0.15) is 22.3 Å². The van der Waals surface area contributed by atoms with Gasteiger partial charge in [-0.2, -0.15) is 0 Å². The number of carboxylic acids is 1. The molecule has 0 aliphatic heterocycles. The minimum atomic E-state index is -0.790. The zero-order valence-electron chi connectivity index (χ0n) is 30.8. The molecule has 0 spiro atoms. The molecule has 0 aliphatic carbocycles. The molecule has 4 N–H and O–H groups in total. The first-order chi connectivity index (χ1) is 25.8. The molecule has 9 nitrogen and oxygen atoms in total. The van der Waals surface area contributed by atoms with Crippen molar-refractivity contribution in [3.63, 3.8) is 0 Å². The number of ether oxygens (including phenoxy) is 4. The van der Waals surface area contributed by atoms with Gasteiger partial charge in [0, 0.05) is 6.54 Å². The summed E-state index contributed by atoms with van der Waals surface area (Å²) in [4.78, 5) is 22.9. The fourth-order valence-electron chi connectivity index (χ4n) is 5.88. The van der Waals surface area contributed by atoms with Gasteiger partial charge in [0.1, 0.15) is 0 Å². The summed E-state index contributed by atoms with van der Waals surface area (Å²) in [7, 11) is 6.49. The third kappa shape index (κ3) is 11.7. The Bertz CT molecular complexity index is 2090. The van der Waals surface area contributed by atoms with Gasteiger partial charge >= 0.3 is 5.97 Å². The van der Waals surface area contributed by atoms with E-state index in [4.69, 9.17) is 29.8 Å². The zero-order chi connectivity index (χ0) is 38.0. The maximum atomic E-state index is 12.3. The topological polar surface area (TPSA) is 129 Å². The average Bonchev–Trinajstić information content (AvgIpc) is 3.18. The number of carbonyl (C=O) groups excluding carboxylic acids is 1. The molecule has 0 bridgehead atoms. The molecule has 6 rings (SSSR count). The van der Waals surface area contributed by atoms with Crippen LogP contribution < -0.4 is 30.0 Å². The highest BCUT2D eigenvalue weighted by Crippen LogP contribution is 2.28. The molecule has 0 aliphatic rings. The second-order valence-corrected chi connectivity index (χ2v) is 12.0. The van der Waals surface area contributed by atoms with Gasteiger partial charge in [-0.25, -0.2) is 0 Å². The van der Waals surface area contributed by atoms with Gasteiger partial charge in [0.25, 0.3) is 0 Å². The van der Waals surface area contributed by atoms with Crippen molar-refractivity contribution in [1.29, 1.82) is 0 Å². The molecule has 0 atom stereocenters. The summed E-state index contributed by atoms with van der Waals surface area (Å²) in [5.74, 6) is 2.16. The number of carbonyl (C=O) groups is 2. The Morgan fingerprint density at radius 3 is 1.49 bits per heavy atom. The number of carboxylic acid groups (broad SMARTS) is 1. The third-order valence-electron chi connectivity index (χ3n) is 8.52. The molecule has 0 heterocycles. The lowest BCUT2D eigenvalue weighted by Crippen LogP contribution is -2.27. The van der Waals surface area contributed by atoms with Crippen LogP contribution in [-0.4, -0.2) is 58.5 Å². The highest BCUT2D eigenvalue weighted by Gasteiger charge is 2.09. The van der Waals surface area contributed by atoms with Crippen molar-refractivity contribution in [2.45, 2.75) is 25.7 Å². The van der Waals surface area contributed by atoms with Crippen LogP contribution in [-0.2, 0) is 35.3 Å². The van der Waals surface area contributed by atoms with Crippen molar-refractivity contribution in [3.8, 4) is 23.0 Å². The summed E-state index contributed by atoms with van der Waals surface area (Å²) in [6.45, 7) is 1.23. The quantitative estimate of drug-likeness (QED) is 0.113. The summed E-state index contributed by atoms with van der Waals surface area (Å²) < 4.78 is 20.8. The van der Waals surface area contributed by atoms with Gasteiger partial charge in [-0.1, -0.05) is 97.1 Å². The molecular formula is C44H48N2O7. The molecule has 0 saturated heterocycles. The van der Waals surface area contributed by atoms with E-state index in [0.717, 1.165) is 62.6 Å². The van der Waals surface area contributed by atoms with E-state index in [1.165, 1.54) is 5.56 Å². The minimum absolute atomic E-state index is 0.0295. The highest BCUT2D eigenvalue weighted by molar-refractivity contribution is 5.90. The smallest absolute Gasteiger partial charge is 0.307 e. The lowest BCUT2D eigenvalue weighted by molar-refractivity contribution is -0.136. The number of methoxy groups -OCH3 is 4. The lowest BCUT2D eigenvalue weighted by Gasteiger charge is -2.10. The predicted octanol–water partition coefficient (Wildman–Crippen LogP) is 7.43. The standard InChI is InChI=1S/C22H23NO3.C12H10O2.C10H15NO2/c1-25-20-11-10-16(14-21(20)26-2)12-13-23-22(24)15-18-8-5-7-17-6-3-4-9-19(17)18;13-12(14)8-10-6-3-5-9-4-1-2-7-11(9)10;1-12-9-4-3-8(5-6-11)7-10(9)13-2/h3-11,14H,12-13,15H2,1-2H3,(H,23,24);1-7H,8H2,(H,13,14);3-4,7H,5-6,11H2,1-2H3. The first kappa shape index (κ1) is 39.7. The van der Waals surface area contributed by atoms with Gasteiger partial charge in [0.2, 0.25) is 5.91 Å². The van der Waals surface area contributed by atoms with Crippen LogP contribution in [0.5, 0.6) is 23.0 Å². The van der Waals surface area contributed by atoms with E-state index in [0.29, 0.717) is 31.0 Å². The second kappa shape index (κ2) is 20.7. The first-order valence-corrected chi connectivity index (χ1v) is 17.3. The van der Waals surface area contributed by atoms with Crippen molar-refractivity contribution >= 4 is 33.4 Å². The van der Waals surface area contributed by atoms with Crippen molar-refractivity contribution < 1.29 is 33.6 Å². The van der Waals surface area contributed by atoms with Crippen LogP contribution in [0.15, 0.2) is 121 Å². The van der Waals surface area contributed by atoms with Crippen LogP contribution in [0, 0.1) is 0 Å². The van der Waals surface area contributed by atoms with Gasteiger partial charge in [-0.15, -0.1) is 0 Å². The number of nitrogens with two attached hydrogens (primary N) is 1. The van der Waals surface area contributed by atoms with E-state index in [2.05, 4.69) is 23.5 Å². The summed E-state index contributed by atoms with van der Waals surface area (Å²) >= 11 is 0. The van der Waals surface area contributed by atoms with E-state index in [1.807, 2.05) is 103 Å². The number of amides is 1. The van der Waals surface area contributed by atoms with Crippen LogP contribution in [0.2, 0.25) is 0 Å². The minimum Gasteiger partial charge on any atom is -0.493 e. The molecule has 0 aromatic heterocycles. The largest absolute Gasteiger partial charge is 0.493 e. The Kier molecular flexibility index (Phi) is 15.5. The van der Waals surface area contributed by atoms with Crippen LogP contribution in [0.3, 0.4) is 0 Å². The lowest BCUT2D eigenvalue weighted by atomic mass is 10.0. The number of hydrogen-bond donors (Lipinski definition) is 3. The number of aliphatic carboxylic acids is 1. The monoisotopic (exact) mass is 716 g/mol. The predicted molar refractivity (Wildman–Crippen MR) is 212 cm³/mol. The molecule has 6 aromatic rings. The molecule has 276 valence electrons. The van der Waals surface area contributed by atoms with Crippen molar-refractivity contribution in [2.75, 3.05) is 41.5 Å². The SMILES string of the molecule is COc1ccc(CCN)cc1OC.COc1ccc(CCNC(=O)Cc2cccc3ccccc23)cc1OC.O=C(O)Cc1cccc2ccccc12. The number of fused-ring (bicyclic) bond motifs is 2. The molecule has 0 fully saturated rings. The Morgan fingerprint density at radius 2 is 1.02 bits per heavy atom. The maximum Gasteiger partial charge on any atom is 0.307 e. The molecule has 6 aromatic carbocycles. The third-order valence-corrected chi connectivity index (χ3v) is 8.52. The molecule has 53 heavy (non-hydrogen) atoms. The molecule has 9 heteroatoms. The van der Waals surface area contributed by atoms with Gasteiger partial charge in [0.15, 0.2) is 23.0 Å². The van der Waals surface area contributed by atoms with Gasteiger partial charge in [0.05, 0.1) is 41.3 Å². The number of rotatable bonds is 13. The van der Waals surface area contributed by atoms with E-state index in [-0.39, 0.29) is 12.3 Å². The van der Waals surface area contributed by atoms with E-state index >= 15 is 0 Å². The molecule has 0 saturated carbocycles. The Balaban J connectivity index is 0.000000196. The zero-order valence-corrected chi connectivity index (χ0v) is 30.8. The number of benzene rings is 6. The van der Waals surface area contributed by atoms with Gasteiger partial charge < -0.3 is 35.1 Å². The van der Waals surface area contributed by atoms with Crippen LogP contribution in [0.25, 0.3) is 21.5 Å². The Labute approximate surface area is 311 Å². The van der Waals surface area contributed by atoms with Gasteiger partial charge in [-0.05, 0) is 87.5 Å². The maximum absolute atomic E-state index is 12.3. The number of hydrogen-bond acceptors (Lipinski definition) is 7. The van der Waals surface area contributed by atoms with Gasteiger partial charge in [-0.3, -0.25) is 9.59 Å². The van der Waals surface area contributed by atoms with E-state index in [9.17, 15) is 9.59 Å². The Morgan fingerprint density at radius 1 is 0.566 bits per heavy atom. The molecule has 0 unspecified atom stereocenters. The summed E-state index contributed by atoms with van der Waals surface area (Å²) in [6, 6.07) is 39.4. The van der Waals surface area contributed by atoms with Crippen LogP contribution in [0.4, 0.5) is 0 Å². The van der Waals surface area contributed by atoms with E-state index < -0.39 is 5.97 Å². The average molecular weight is 717 g/mol. The van der Waals surface area contributed by atoms with Crippen molar-refractivity contribution in [1.82, 2.24) is 5.32 Å². The van der Waals surface area contributed by atoms with Crippen molar-refractivity contribution in [3.05, 3.63) is 144 Å². The molecule has 0 radical (unpaired) electrons. The second-order valence-electron chi connectivity index (χ2n) is 12.0. The first-order valence-electron chi connectivity index (χ1n) is 17.3. The molecule has 1 amide bonds. The Hall–Kier alpha value is -6.06.